The number of nitrogens with two attached hydrogens (primary N) is 1. The Morgan fingerprint density at radius 1 is 1.30 bits per heavy atom. The summed E-state index contributed by atoms with van der Waals surface area (Å²) in [5.41, 5.74) is 7.47. The Hall–Kier alpha value is -2.78. The first-order valence-corrected chi connectivity index (χ1v) is 8.80. The SMILES string of the molecule is Cn1nc(-c2ccc(OCCN3CCOCC3)c(F)c2)c2cnc(N)nc21. The van der Waals surface area contributed by atoms with Gasteiger partial charge in [-0.15, -0.1) is 0 Å². The van der Waals surface area contributed by atoms with Gasteiger partial charge in [0.2, 0.25) is 5.95 Å². The molecule has 1 saturated heterocycles. The van der Waals surface area contributed by atoms with Crippen molar-refractivity contribution in [3.05, 3.63) is 30.2 Å². The van der Waals surface area contributed by atoms with Gasteiger partial charge in [-0.25, -0.2) is 14.1 Å². The van der Waals surface area contributed by atoms with E-state index in [4.69, 9.17) is 15.2 Å². The Balaban J connectivity index is 1.50. The summed E-state index contributed by atoms with van der Waals surface area (Å²) in [5.74, 6) is -0.0235. The highest BCUT2D eigenvalue weighted by Gasteiger charge is 2.15. The first-order valence-electron chi connectivity index (χ1n) is 8.80. The summed E-state index contributed by atoms with van der Waals surface area (Å²) in [5, 5.41) is 5.14. The number of nitrogen functional groups attached to an aromatic ring is 1. The molecule has 0 aliphatic carbocycles. The van der Waals surface area contributed by atoms with Crippen molar-refractivity contribution in [2.45, 2.75) is 0 Å². The molecule has 4 rings (SSSR count). The third kappa shape index (κ3) is 3.69. The molecule has 1 aliphatic rings. The minimum Gasteiger partial charge on any atom is -0.489 e. The van der Waals surface area contributed by atoms with Gasteiger partial charge in [-0.2, -0.15) is 10.1 Å². The number of aryl methyl sites for hydroxylation is 1. The van der Waals surface area contributed by atoms with Crippen molar-refractivity contribution in [1.82, 2.24) is 24.6 Å². The Bertz CT molecular complexity index is 954. The van der Waals surface area contributed by atoms with Crippen LogP contribution in [0.3, 0.4) is 0 Å². The number of hydrogen-bond donors (Lipinski definition) is 1. The average molecular weight is 372 g/mol. The van der Waals surface area contributed by atoms with Gasteiger partial charge in [0.05, 0.1) is 18.6 Å². The number of nitrogens with zero attached hydrogens (tertiary/aromatic N) is 5. The molecule has 1 aliphatic heterocycles. The maximum absolute atomic E-state index is 14.5. The molecule has 8 nitrogen and oxygen atoms in total. The summed E-state index contributed by atoms with van der Waals surface area (Å²) in [6.07, 6.45) is 1.60. The monoisotopic (exact) mass is 372 g/mol. The highest BCUT2D eigenvalue weighted by atomic mass is 19.1. The van der Waals surface area contributed by atoms with Gasteiger partial charge in [-0.05, 0) is 18.2 Å². The zero-order valence-electron chi connectivity index (χ0n) is 15.1. The molecule has 3 heterocycles. The van der Waals surface area contributed by atoms with Crippen LogP contribution in [0.2, 0.25) is 0 Å². The van der Waals surface area contributed by atoms with E-state index in [0.717, 1.165) is 32.8 Å². The van der Waals surface area contributed by atoms with Crippen molar-refractivity contribution in [2.75, 3.05) is 45.2 Å². The molecule has 9 heteroatoms. The van der Waals surface area contributed by atoms with Crippen LogP contribution in [0.4, 0.5) is 10.3 Å². The van der Waals surface area contributed by atoms with Crippen LogP contribution in [0.5, 0.6) is 5.75 Å². The molecule has 142 valence electrons. The lowest BCUT2D eigenvalue weighted by Gasteiger charge is -2.26. The zero-order chi connectivity index (χ0) is 18.8. The van der Waals surface area contributed by atoms with Crippen LogP contribution < -0.4 is 10.5 Å². The molecule has 1 aromatic carbocycles. The predicted molar refractivity (Wildman–Crippen MR) is 98.9 cm³/mol. The fourth-order valence-corrected chi connectivity index (χ4v) is 3.14. The van der Waals surface area contributed by atoms with Gasteiger partial charge in [0.25, 0.3) is 0 Å². The van der Waals surface area contributed by atoms with Gasteiger partial charge < -0.3 is 15.2 Å². The number of morpholine rings is 1. The molecule has 0 radical (unpaired) electrons. The average Bonchev–Trinajstić information content (AvgIpc) is 3.00. The van der Waals surface area contributed by atoms with Gasteiger partial charge in [-0.1, -0.05) is 0 Å². The van der Waals surface area contributed by atoms with Crippen molar-refractivity contribution >= 4 is 17.0 Å². The van der Waals surface area contributed by atoms with Gasteiger partial charge in [0.15, 0.2) is 17.2 Å². The molecular weight excluding hydrogens is 351 g/mol. The zero-order valence-corrected chi connectivity index (χ0v) is 15.1. The van der Waals surface area contributed by atoms with Gasteiger partial charge >= 0.3 is 0 Å². The van der Waals surface area contributed by atoms with E-state index < -0.39 is 5.82 Å². The van der Waals surface area contributed by atoms with E-state index in [-0.39, 0.29) is 11.7 Å². The molecule has 0 unspecified atom stereocenters. The van der Waals surface area contributed by atoms with E-state index in [0.29, 0.717) is 28.9 Å². The summed E-state index contributed by atoms with van der Waals surface area (Å²) >= 11 is 0. The molecule has 1 fully saturated rings. The molecule has 0 spiro atoms. The van der Waals surface area contributed by atoms with E-state index in [1.807, 2.05) is 0 Å². The Morgan fingerprint density at radius 3 is 2.89 bits per heavy atom. The molecular formula is C18H21FN6O2. The normalized spacial score (nSPS) is 15.3. The van der Waals surface area contributed by atoms with Crippen LogP contribution in [-0.4, -0.2) is 64.1 Å². The largest absolute Gasteiger partial charge is 0.489 e. The number of anilines is 1. The lowest BCUT2D eigenvalue weighted by atomic mass is 10.1. The predicted octanol–water partition coefficient (Wildman–Crippen LogP) is 1.46. The molecule has 27 heavy (non-hydrogen) atoms. The summed E-state index contributed by atoms with van der Waals surface area (Å²) in [7, 11) is 1.76. The lowest BCUT2D eigenvalue weighted by molar-refractivity contribution is 0.0320. The van der Waals surface area contributed by atoms with Crippen molar-refractivity contribution in [2.24, 2.45) is 7.05 Å². The lowest BCUT2D eigenvalue weighted by Crippen LogP contribution is -2.38. The van der Waals surface area contributed by atoms with Crippen LogP contribution in [0, 0.1) is 5.82 Å². The third-order valence-corrected chi connectivity index (χ3v) is 4.57. The summed E-state index contributed by atoms with van der Waals surface area (Å²) in [4.78, 5) is 10.4. The molecule has 2 aromatic heterocycles. The van der Waals surface area contributed by atoms with E-state index >= 15 is 0 Å². The van der Waals surface area contributed by atoms with Gasteiger partial charge in [0, 0.05) is 38.4 Å². The second kappa shape index (κ2) is 7.45. The minimum absolute atomic E-state index is 0.173. The topological polar surface area (TPSA) is 91.3 Å². The summed E-state index contributed by atoms with van der Waals surface area (Å²) < 4.78 is 27.1. The maximum Gasteiger partial charge on any atom is 0.222 e. The fourth-order valence-electron chi connectivity index (χ4n) is 3.14. The molecule has 0 bridgehead atoms. The standard InChI is InChI=1S/C18H21FN6O2/c1-24-17-13(11-21-18(20)22-17)16(23-24)12-2-3-15(14(19)10-12)27-9-6-25-4-7-26-8-5-25/h2-3,10-11H,4-9H2,1H3,(H2,20,21,22). The summed E-state index contributed by atoms with van der Waals surface area (Å²) in [6, 6.07) is 4.83. The quantitative estimate of drug-likeness (QED) is 0.725. The summed E-state index contributed by atoms with van der Waals surface area (Å²) in [6.45, 7) is 4.39. The van der Waals surface area contributed by atoms with Gasteiger partial charge in [0.1, 0.15) is 12.3 Å². The van der Waals surface area contributed by atoms with E-state index in [1.165, 1.54) is 6.07 Å². The number of hydrogen-bond acceptors (Lipinski definition) is 7. The highest BCUT2D eigenvalue weighted by molar-refractivity contribution is 5.91. The van der Waals surface area contributed by atoms with Crippen LogP contribution >= 0.6 is 0 Å². The molecule has 0 amide bonds. The van der Waals surface area contributed by atoms with Crippen LogP contribution in [0.25, 0.3) is 22.3 Å². The number of fused-ring (bicyclic) bond motifs is 1. The minimum atomic E-state index is -0.426. The number of aromatic nitrogens is 4. The first kappa shape index (κ1) is 17.6. The molecule has 0 saturated carbocycles. The molecule has 0 atom stereocenters. The van der Waals surface area contributed by atoms with Crippen LogP contribution in [0.15, 0.2) is 24.4 Å². The Kier molecular flexibility index (Phi) is 4.87. The van der Waals surface area contributed by atoms with Crippen molar-refractivity contribution in [3.8, 4) is 17.0 Å². The molecule has 2 N–H and O–H groups in total. The van der Waals surface area contributed by atoms with E-state index in [9.17, 15) is 4.39 Å². The Morgan fingerprint density at radius 2 is 2.11 bits per heavy atom. The smallest absolute Gasteiger partial charge is 0.222 e. The Labute approximate surface area is 155 Å². The van der Waals surface area contributed by atoms with Crippen molar-refractivity contribution < 1.29 is 13.9 Å². The first-order chi connectivity index (χ1) is 13.1. The molecule has 3 aromatic rings. The highest BCUT2D eigenvalue weighted by Crippen LogP contribution is 2.29. The maximum atomic E-state index is 14.5. The second-order valence-electron chi connectivity index (χ2n) is 6.39. The van der Waals surface area contributed by atoms with E-state index in [2.05, 4.69) is 20.0 Å². The number of rotatable bonds is 5. The van der Waals surface area contributed by atoms with Gasteiger partial charge in [-0.3, -0.25) is 4.90 Å². The van der Waals surface area contributed by atoms with E-state index in [1.54, 1.807) is 30.1 Å². The van der Waals surface area contributed by atoms with Crippen molar-refractivity contribution in [3.63, 3.8) is 0 Å². The third-order valence-electron chi connectivity index (χ3n) is 4.57. The number of benzene rings is 1. The van der Waals surface area contributed by atoms with Crippen molar-refractivity contribution in [1.29, 1.82) is 0 Å². The number of halogens is 1. The van der Waals surface area contributed by atoms with Crippen LogP contribution in [-0.2, 0) is 11.8 Å². The second-order valence-corrected chi connectivity index (χ2v) is 6.39. The fraction of sp³-hybridized carbons (Fsp3) is 0.389. The van der Waals surface area contributed by atoms with Crippen LogP contribution in [0.1, 0.15) is 0 Å². The number of ether oxygens (including phenoxy) is 2.